The van der Waals surface area contributed by atoms with Gasteiger partial charge in [0.2, 0.25) is 0 Å². The van der Waals surface area contributed by atoms with E-state index < -0.39 is 0 Å². The van der Waals surface area contributed by atoms with Crippen molar-refractivity contribution in [1.82, 2.24) is 9.78 Å². The Morgan fingerprint density at radius 2 is 2.24 bits per heavy atom. The van der Waals surface area contributed by atoms with Crippen molar-refractivity contribution in [3.8, 4) is 5.75 Å². The number of aromatic nitrogens is 2. The molecule has 0 radical (unpaired) electrons. The minimum absolute atomic E-state index is 0.129. The molecule has 0 bridgehead atoms. The highest BCUT2D eigenvalue weighted by Gasteiger charge is 2.07. The maximum absolute atomic E-state index is 13.4. The molecule has 1 aromatic carbocycles. The van der Waals surface area contributed by atoms with Crippen LogP contribution in [0.15, 0.2) is 36.7 Å². The number of rotatable bonds is 5. The average molecular weight is 235 g/mol. The first-order valence-corrected chi connectivity index (χ1v) is 5.39. The maximum Gasteiger partial charge on any atom is 0.131 e. The van der Waals surface area contributed by atoms with Crippen molar-refractivity contribution in [1.29, 1.82) is 0 Å². The molecule has 0 aliphatic heterocycles. The summed E-state index contributed by atoms with van der Waals surface area (Å²) >= 11 is 0. The molecule has 0 fully saturated rings. The molecule has 5 heteroatoms. The van der Waals surface area contributed by atoms with Crippen molar-refractivity contribution in [2.75, 3.05) is 6.61 Å². The quantitative estimate of drug-likeness (QED) is 0.855. The summed E-state index contributed by atoms with van der Waals surface area (Å²) in [6.07, 6.45) is 3.55. The lowest BCUT2D eigenvalue weighted by Crippen LogP contribution is -2.11. The molecule has 1 heterocycles. The largest absolute Gasteiger partial charge is 0.491 e. The van der Waals surface area contributed by atoms with Crippen LogP contribution in [0.5, 0.6) is 5.75 Å². The average Bonchev–Trinajstić information content (AvgIpc) is 2.82. The molecule has 2 aromatic rings. The lowest BCUT2D eigenvalue weighted by atomic mass is 10.2. The van der Waals surface area contributed by atoms with Crippen LogP contribution < -0.4 is 10.5 Å². The van der Waals surface area contributed by atoms with Gasteiger partial charge in [0, 0.05) is 24.5 Å². The Morgan fingerprint density at radius 1 is 1.35 bits per heavy atom. The third-order valence-corrected chi connectivity index (χ3v) is 2.42. The molecule has 0 spiro atoms. The molecule has 90 valence electrons. The number of halogens is 1. The molecule has 0 aliphatic carbocycles. The van der Waals surface area contributed by atoms with E-state index >= 15 is 0 Å². The van der Waals surface area contributed by atoms with Gasteiger partial charge in [-0.15, -0.1) is 0 Å². The molecule has 2 N–H and O–H groups in total. The van der Waals surface area contributed by atoms with Crippen LogP contribution in [0.3, 0.4) is 0 Å². The Balaban J connectivity index is 1.97. The summed E-state index contributed by atoms with van der Waals surface area (Å²) < 4.78 is 20.6. The standard InChI is InChI=1S/C12H14FN3O/c13-11-3-1-4-12(10(11)9-14)17-8-7-16-6-2-5-15-16/h1-6H,7-9,14H2. The second-order valence-electron chi connectivity index (χ2n) is 3.54. The van der Waals surface area contributed by atoms with Crippen molar-refractivity contribution in [2.45, 2.75) is 13.1 Å². The van der Waals surface area contributed by atoms with Crippen LogP contribution in [-0.2, 0) is 13.1 Å². The van der Waals surface area contributed by atoms with Crippen LogP contribution in [0.2, 0.25) is 0 Å². The van der Waals surface area contributed by atoms with E-state index in [1.807, 2.05) is 12.3 Å². The molecule has 4 nitrogen and oxygen atoms in total. The number of nitrogens with two attached hydrogens (primary N) is 1. The van der Waals surface area contributed by atoms with E-state index in [0.717, 1.165) is 0 Å². The Hall–Kier alpha value is -1.88. The minimum atomic E-state index is -0.330. The van der Waals surface area contributed by atoms with Gasteiger partial charge < -0.3 is 10.5 Å². The number of ether oxygens (including phenoxy) is 1. The van der Waals surface area contributed by atoms with Crippen LogP contribution in [0.4, 0.5) is 4.39 Å². The molecule has 0 aliphatic rings. The van der Waals surface area contributed by atoms with E-state index in [-0.39, 0.29) is 12.4 Å². The fourth-order valence-electron chi connectivity index (χ4n) is 1.55. The smallest absolute Gasteiger partial charge is 0.131 e. The van der Waals surface area contributed by atoms with Gasteiger partial charge in [-0.2, -0.15) is 5.10 Å². The number of hydrogen-bond donors (Lipinski definition) is 1. The molecular weight excluding hydrogens is 221 g/mol. The Bertz CT molecular complexity index is 471. The zero-order valence-corrected chi connectivity index (χ0v) is 9.34. The van der Waals surface area contributed by atoms with Crippen molar-refractivity contribution in [2.24, 2.45) is 5.73 Å². The molecule has 0 unspecified atom stereocenters. The highest BCUT2D eigenvalue weighted by atomic mass is 19.1. The van der Waals surface area contributed by atoms with Gasteiger partial charge in [-0.05, 0) is 18.2 Å². The van der Waals surface area contributed by atoms with Gasteiger partial charge in [0.15, 0.2) is 0 Å². The van der Waals surface area contributed by atoms with E-state index in [1.54, 1.807) is 23.0 Å². The van der Waals surface area contributed by atoms with Gasteiger partial charge >= 0.3 is 0 Å². The van der Waals surface area contributed by atoms with E-state index in [1.165, 1.54) is 6.07 Å². The van der Waals surface area contributed by atoms with Crippen LogP contribution in [-0.4, -0.2) is 16.4 Å². The third-order valence-electron chi connectivity index (χ3n) is 2.42. The van der Waals surface area contributed by atoms with Crippen LogP contribution >= 0.6 is 0 Å². The Kier molecular flexibility index (Phi) is 3.72. The first-order valence-electron chi connectivity index (χ1n) is 5.39. The zero-order chi connectivity index (χ0) is 12.1. The monoisotopic (exact) mass is 235 g/mol. The Morgan fingerprint density at radius 3 is 2.94 bits per heavy atom. The number of nitrogens with zero attached hydrogens (tertiary/aromatic N) is 2. The fraction of sp³-hybridized carbons (Fsp3) is 0.250. The molecule has 2 rings (SSSR count). The summed E-state index contributed by atoms with van der Waals surface area (Å²) in [5, 5.41) is 4.05. The summed E-state index contributed by atoms with van der Waals surface area (Å²) in [6.45, 7) is 1.18. The van der Waals surface area contributed by atoms with Gasteiger partial charge in [0.1, 0.15) is 18.2 Å². The first-order chi connectivity index (χ1) is 8.31. The van der Waals surface area contributed by atoms with E-state index in [2.05, 4.69) is 5.10 Å². The highest BCUT2D eigenvalue weighted by molar-refractivity contribution is 5.34. The fourth-order valence-corrected chi connectivity index (χ4v) is 1.55. The van der Waals surface area contributed by atoms with Gasteiger partial charge in [-0.3, -0.25) is 4.68 Å². The van der Waals surface area contributed by atoms with Gasteiger partial charge in [-0.1, -0.05) is 6.07 Å². The molecule has 0 saturated heterocycles. The van der Waals surface area contributed by atoms with E-state index in [9.17, 15) is 4.39 Å². The summed E-state index contributed by atoms with van der Waals surface area (Å²) in [5.74, 6) is 0.170. The van der Waals surface area contributed by atoms with Gasteiger partial charge in [-0.25, -0.2) is 4.39 Å². The lowest BCUT2D eigenvalue weighted by molar-refractivity contribution is 0.287. The second-order valence-corrected chi connectivity index (χ2v) is 3.54. The molecule has 0 saturated carbocycles. The second kappa shape index (κ2) is 5.45. The van der Waals surface area contributed by atoms with E-state index in [4.69, 9.17) is 10.5 Å². The molecule has 1 aromatic heterocycles. The van der Waals surface area contributed by atoms with E-state index in [0.29, 0.717) is 24.5 Å². The van der Waals surface area contributed by atoms with Crippen LogP contribution in [0.1, 0.15) is 5.56 Å². The third kappa shape index (κ3) is 2.82. The Labute approximate surface area is 98.8 Å². The summed E-state index contributed by atoms with van der Waals surface area (Å²) in [4.78, 5) is 0. The van der Waals surface area contributed by atoms with Crippen molar-refractivity contribution in [3.63, 3.8) is 0 Å². The predicted molar refractivity (Wildman–Crippen MR) is 62.0 cm³/mol. The summed E-state index contributed by atoms with van der Waals surface area (Å²) in [6, 6.07) is 6.54. The zero-order valence-electron chi connectivity index (χ0n) is 9.34. The first kappa shape index (κ1) is 11.6. The van der Waals surface area contributed by atoms with Crippen molar-refractivity contribution >= 4 is 0 Å². The topological polar surface area (TPSA) is 53.1 Å². The predicted octanol–water partition coefficient (Wildman–Crippen LogP) is 1.56. The van der Waals surface area contributed by atoms with Crippen LogP contribution in [0.25, 0.3) is 0 Å². The van der Waals surface area contributed by atoms with Gasteiger partial charge in [0.05, 0.1) is 6.54 Å². The number of hydrogen-bond acceptors (Lipinski definition) is 3. The number of benzene rings is 1. The summed E-state index contributed by atoms with van der Waals surface area (Å²) in [7, 11) is 0. The molecule has 0 amide bonds. The lowest BCUT2D eigenvalue weighted by Gasteiger charge is -2.10. The van der Waals surface area contributed by atoms with Crippen molar-refractivity contribution in [3.05, 3.63) is 48.0 Å². The maximum atomic E-state index is 13.4. The minimum Gasteiger partial charge on any atom is -0.491 e. The van der Waals surface area contributed by atoms with Gasteiger partial charge in [0.25, 0.3) is 0 Å². The SMILES string of the molecule is NCc1c(F)cccc1OCCn1cccn1. The molecule has 17 heavy (non-hydrogen) atoms. The molecular formula is C12H14FN3O. The highest BCUT2D eigenvalue weighted by Crippen LogP contribution is 2.20. The molecule has 0 atom stereocenters. The normalized spacial score (nSPS) is 10.5. The summed E-state index contributed by atoms with van der Waals surface area (Å²) in [5.41, 5.74) is 5.89. The van der Waals surface area contributed by atoms with Crippen LogP contribution in [0, 0.1) is 5.82 Å². The van der Waals surface area contributed by atoms with Crippen molar-refractivity contribution < 1.29 is 9.13 Å².